The second-order valence-electron chi connectivity index (χ2n) is 1.64. The molecule has 0 atom stereocenters. The van der Waals surface area contributed by atoms with Crippen molar-refractivity contribution in [3.05, 3.63) is 29.8 Å². The molecule has 0 radical (unpaired) electrons. The van der Waals surface area contributed by atoms with Crippen LogP contribution in [0.4, 0.5) is 14.5 Å². The Morgan fingerprint density at radius 1 is 1.10 bits per heavy atom. The lowest BCUT2D eigenvalue weighted by atomic mass is 10.3. The van der Waals surface area contributed by atoms with Crippen LogP contribution in [0, 0.1) is 11.6 Å². The Bertz CT molecular complexity index is 207. The predicted molar refractivity (Wildman–Crippen MR) is 41.1 cm³/mol. The Balaban J connectivity index is 0.000000810. The van der Waals surface area contributed by atoms with Gasteiger partial charge in [-0.15, -0.1) is 17.0 Å². The number of nitrogens with two attached hydrogens (primary N) is 1. The molecule has 0 bridgehead atoms. The van der Waals surface area contributed by atoms with E-state index in [0.717, 1.165) is 12.1 Å². The van der Waals surface area contributed by atoms with Gasteiger partial charge in [-0.05, 0) is 12.1 Å². The van der Waals surface area contributed by atoms with Gasteiger partial charge in [0.2, 0.25) is 0 Å². The van der Waals surface area contributed by atoms with Gasteiger partial charge in [-0.3, -0.25) is 0 Å². The van der Waals surface area contributed by atoms with E-state index >= 15 is 0 Å². The van der Waals surface area contributed by atoms with Crippen LogP contribution in [0.25, 0.3) is 0 Å². The zero-order chi connectivity index (χ0) is 6.85. The first-order valence-corrected chi connectivity index (χ1v) is 2.41. The highest BCUT2D eigenvalue weighted by Crippen LogP contribution is 2.12. The van der Waals surface area contributed by atoms with Crippen LogP contribution in [-0.4, -0.2) is 0 Å². The Morgan fingerprint density at radius 3 is 1.80 bits per heavy atom. The molecule has 10 heavy (non-hydrogen) atoms. The number of benzene rings is 1. The van der Waals surface area contributed by atoms with E-state index in [4.69, 9.17) is 5.73 Å². The summed E-state index contributed by atoms with van der Waals surface area (Å²) in [5.74, 6) is -1.43. The van der Waals surface area contributed by atoms with Crippen molar-refractivity contribution in [2.24, 2.45) is 0 Å². The third kappa shape index (κ3) is 1.67. The first-order chi connectivity index (χ1) is 4.22. The van der Waals surface area contributed by atoms with E-state index < -0.39 is 17.3 Å². The summed E-state index contributed by atoms with van der Waals surface area (Å²) in [5, 5.41) is 0. The van der Waals surface area contributed by atoms with Crippen molar-refractivity contribution in [1.29, 1.82) is 0 Å². The molecular formula is C6H6BrF2N. The fraction of sp³-hybridized carbons (Fsp3) is 0. The lowest BCUT2D eigenvalue weighted by Gasteiger charge is -1.94. The number of halogens is 3. The van der Waals surface area contributed by atoms with Gasteiger partial charge in [-0.2, -0.15) is 0 Å². The molecule has 0 spiro atoms. The van der Waals surface area contributed by atoms with E-state index in [2.05, 4.69) is 0 Å². The van der Waals surface area contributed by atoms with E-state index in [1.165, 1.54) is 6.07 Å². The summed E-state index contributed by atoms with van der Waals surface area (Å²) in [7, 11) is 0. The van der Waals surface area contributed by atoms with Gasteiger partial charge in [0.05, 0.1) is 0 Å². The maximum absolute atomic E-state index is 12.2. The van der Waals surface area contributed by atoms with Crippen LogP contribution >= 0.6 is 17.0 Å². The molecule has 0 unspecified atom stereocenters. The maximum Gasteiger partial charge on any atom is 0.149 e. The van der Waals surface area contributed by atoms with Gasteiger partial charge in [0.25, 0.3) is 0 Å². The van der Waals surface area contributed by atoms with Crippen molar-refractivity contribution in [2.75, 3.05) is 5.73 Å². The third-order valence-electron chi connectivity index (χ3n) is 1.000. The summed E-state index contributed by atoms with van der Waals surface area (Å²) < 4.78 is 24.4. The van der Waals surface area contributed by atoms with Gasteiger partial charge in [-0.1, -0.05) is 6.07 Å². The fourth-order valence-electron chi connectivity index (χ4n) is 0.511. The highest BCUT2D eigenvalue weighted by atomic mass is 79.9. The molecule has 0 saturated heterocycles. The molecule has 0 fully saturated rings. The van der Waals surface area contributed by atoms with E-state index in [1.807, 2.05) is 0 Å². The van der Waals surface area contributed by atoms with Crippen molar-refractivity contribution in [3.8, 4) is 0 Å². The summed E-state index contributed by atoms with van der Waals surface area (Å²) in [5.41, 5.74) is 4.51. The average Bonchev–Trinajstić information content (AvgIpc) is 1.83. The van der Waals surface area contributed by atoms with Crippen molar-refractivity contribution < 1.29 is 8.78 Å². The average molecular weight is 210 g/mol. The topological polar surface area (TPSA) is 26.0 Å². The zero-order valence-corrected chi connectivity index (χ0v) is 6.69. The number of nitrogen functional groups attached to an aromatic ring is 1. The van der Waals surface area contributed by atoms with Gasteiger partial charge in [0.15, 0.2) is 0 Å². The van der Waals surface area contributed by atoms with Crippen molar-refractivity contribution in [1.82, 2.24) is 0 Å². The minimum atomic E-state index is -0.713. The molecule has 1 rings (SSSR count). The van der Waals surface area contributed by atoms with Gasteiger partial charge < -0.3 is 5.73 Å². The minimum Gasteiger partial charge on any atom is -0.394 e. The van der Waals surface area contributed by atoms with Crippen LogP contribution in [0.5, 0.6) is 0 Å². The number of hydrogen-bond acceptors (Lipinski definition) is 1. The fourth-order valence-corrected chi connectivity index (χ4v) is 0.511. The maximum atomic E-state index is 12.2. The summed E-state index contributed by atoms with van der Waals surface area (Å²) in [6.07, 6.45) is 0. The quantitative estimate of drug-likeness (QED) is 0.652. The second kappa shape index (κ2) is 3.51. The van der Waals surface area contributed by atoms with Gasteiger partial charge in [0.1, 0.15) is 17.3 Å². The van der Waals surface area contributed by atoms with Crippen LogP contribution in [0.3, 0.4) is 0 Å². The van der Waals surface area contributed by atoms with E-state index in [1.54, 1.807) is 0 Å². The molecule has 0 aliphatic carbocycles. The van der Waals surface area contributed by atoms with Crippen molar-refractivity contribution in [2.45, 2.75) is 0 Å². The molecule has 0 amide bonds. The minimum absolute atomic E-state index is 0. The Hall–Kier alpha value is -0.640. The molecule has 1 aromatic rings. The molecule has 56 valence electrons. The molecule has 0 saturated carbocycles. The van der Waals surface area contributed by atoms with Crippen LogP contribution in [0.2, 0.25) is 0 Å². The lowest BCUT2D eigenvalue weighted by molar-refractivity contribution is 0.592. The molecule has 1 nitrogen and oxygen atoms in total. The molecule has 0 aromatic heterocycles. The first kappa shape index (κ1) is 9.36. The number of hydrogen-bond donors (Lipinski definition) is 1. The monoisotopic (exact) mass is 209 g/mol. The van der Waals surface area contributed by atoms with Gasteiger partial charge in [-0.25, -0.2) is 8.78 Å². The normalized spacial score (nSPS) is 8.60. The Morgan fingerprint density at radius 2 is 1.50 bits per heavy atom. The number of anilines is 1. The SMILES string of the molecule is Br.Nc1c(F)cccc1F. The summed E-state index contributed by atoms with van der Waals surface area (Å²) >= 11 is 0. The molecule has 1 aromatic carbocycles. The third-order valence-corrected chi connectivity index (χ3v) is 1.000. The first-order valence-electron chi connectivity index (χ1n) is 2.41. The highest BCUT2D eigenvalue weighted by Gasteiger charge is 2.00. The zero-order valence-electron chi connectivity index (χ0n) is 4.97. The van der Waals surface area contributed by atoms with Crippen LogP contribution in [0.15, 0.2) is 18.2 Å². The summed E-state index contributed by atoms with van der Waals surface area (Å²) in [4.78, 5) is 0. The van der Waals surface area contributed by atoms with Crippen LogP contribution < -0.4 is 5.73 Å². The standard InChI is InChI=1S/C6H5F2N.BrH/c7-4-2-1-3-5(8)6(4)9;/h1-3H,9H2;1H. The molecule has 0 aliphatic heterocycles. The molecule has 0 aliphatic rings. The molecule has 0 heterocycles. The molecule has 4 heteroatoms. The Kier molecular flexibility index (Phi) is 3.28. The Labute approximate surface area is 67.6 Å². The largest absolute Gasteiger partial charge is 0.394 e. The number of para-hydroxylation sites is 1. The van der Waals surface area contributed by atoms with Crippen LogP contribution in [0.1, 0.15) is 0 Å². The van der Waals surface area contributed by atoms with Gasteiger partial charge >= 0.3 is 0 Å². The van der Waals surface area contributed by atoms with E-state index in [0.29, 0.717) is 0 Å². The van der Waals surface area contributed by atoms with Crippen molar-refractivity contribution in [3.63, 3.8) is 0 Å². The van der Waals surface area contributed by atoms with E-state index in [-0.39, 0.29) is 17.0 Å². The van der Waals surface area contributed by atoms with Crippen LogP contribution in [-0.2, 0) is 0 Å². The predicted octanol–water partition coefficient (Wildman–Crippen LogP) is 2.12. The molecular weight excluding hydrogens is 204 g/mol. The number of rotatable bonds is 0. The summed E-state index contributed by atoms with van der Waals surface area (Å²) in [6, 6.07) is 3.48. The molecule has 2 N–H and O–H groups in total. The smallest absolute Gasteiger partial charge is 0.149 e. The highest BCUT2D eigenvalue weighted by molar-refractivity contribution is 8.93. The van der Waals surface area contributed by atoms with E-state index in [9.17, 15) is 8.78 Å². The second-order valence-corrected chi connectivity index (χ2v) is 1.64. The summed E-state index contributed by atoms with van der Waals surface area (Å²) in [6.45, 7) is 0. The van der Waals surface area contributed by atoms with Gasteiger partial charge in [0, 0.05) is 0 Å². The van der Waals surface area contributed by atoms with Crippen molar-refractivity contribution >= 4 is 22.7 Å². The lowest BCUT2D eigenvalue weighted by Crippen LogP contribution is -1.93.